The van der Waals surface area contributed by atoms with E-state index in [9.17, 15) is 4.79 Å². The van der Waals surface area contributed by atoms with Crippen LogP contribution in [0.5, 0.6) is 0 Å². The fourth-order valence-corrected chi connectivity index (χ4v) is 3.41. The minimum atomic E-state index is -0.281. The van der Waals surface area contributed by atoms with Crippen LogP contribution in [0.2, 0.25) is 0 Å². The molecule has 3 heterocycles. The highest BCUT2D eigenvalue weighted by Crippen LogP contribution is 2.27. The molecule has 2 amide bonds. The fraction of sp³-hybridized carbons (Fsp3) is 0.750. The third-order valence-electron chi connectivity index (χ3n) is 5.07. The molecule has 2 fully saturated rings. The number of ether oxygens (including phenoxy) is 2. The van der Waals surface area contributed by atoms with Crippen LogP contribution in [0.4, 0.5) is 4.79 Å². The predicted octanol–water partition coefficient (Wildman–Crippen LogP) is 1.11. The molecule has 0 bridgehead atoms. The minimum Gasteiger partial charge on any atom is -0.381 e. The Morgan fingerprint density at radius 3 is 2.96 bits per heavy atom. The van der Waals surface area contributed by atoms with Gasteiger partial charge in [-0.2, -0.15) is 5.10 Å². The molecular formula is C16H26N4O3. The summed E-state index contributed by atoms with van der Waals surface area (Å²) in [7, 11) is 3.63. The molecule has 0 aliphatic carbocycles. The standard InChI is InChI=1S/C16H26N4O3/c1-19-10-14(9-18-19)13-3-6-20(11-13)15(21)17-12-16(22-2)4-7-23-8-5-16/h9-10,13H,3-8,11-12H2,1-2H3,(H,17,21)/t13-/m0/s1. The number of likely N-dealkylation sites (tertiary alicyclic amines) is 1. The molecule has 3 rings (SSSR count). The lowest BCUT2D eigenvalue weighted by Gasteiger charge is -2.36. The van der Waals surface area contributed by atoms with Crippen molar-refractivity contribution in [3.8, 4) is 0 Å². The van der Waals surface area contributed by atoms with Gasteiger partial charge in [-0.3, -0.25) is 4.68 Å². The zero-order valence-electron chi connectivity index (χ0n) is 14.0. The molecule has 0 saturated carbocycles. The molecule has 1 aromatic heterocycles. The maximum absolute atomic E-state index is 12.4. The first kappa shape index (κ1) is 16.3. The Morgan fingerprint density at radius 1 is 1.52 bits per heavy atom. The number of nitrogens with one attached hydrogen (secondary N) is 1. The summed E-state index contributed by atoms with van der Waals surface area (Å²) in [6.07, 6.45) is 6.56. The van der Waals surface area contributed by atoms with Crippen molar-refractivity contribution in [1.82, 2.24) is 20.0 Å². The Balaban J connectivity index is 1.51. The van der Waals surface area contributed by atoms with Gasteiger partial charge in [-0.15, -0.1) is 0 Å². The van der Waals surface area contributed by atoms with Crippen LogP contribution in [0.3, 0.4) is 0 Å². The number of urea groups is 1. The Labute approximate surface area is 136 Å². The van der Waals surface area contributed by atoms with E-state index in [1.807, 2.05) is 29.0 Å². The summed E-state index contributed by atoms with van der Waals surface area (Å²) < 4.78 is 12.9. The fourth-order valence-electron chi connectivity index (χ4n) is 3.41. The number of amides is 2. The first-order chi connectivity index (χ1) is 11.1. The summed E-state index contributed by atoms with van der Waals surface area (Å²) in [5.41, 5.74) is 0.928. The number of rotatable bonds is 4. The maximum Gasteiger partial charge on any atom is 0.317 e. The van der Waals surface area contributed by atoms with E-state index in [0.717, 1.165) is 32.4 Å². The maximum atomic E-state index is 12.4. The van der Waals surface area contributed by atoms with E-state index in [1.165, 1.54) is 5.56 Å². The van der Waals surface area contributed by atoms with E-state index in [2.05, 4.69) is 10.4 Å². The topological polar surface area (TPSA) is 68.6 Å². The average Bonchev–Trinajstić information content (AvgIpc) is 3.22. The SMILES string of the molecule is COC1(CNC(=O)N2CC[C@H](c3cnn(C)c3)C2)CCOCC1. The van der Waals surface area contributed by atoms with Crippen LogP contribution in [0.15, 0.2) is 12.4 Å². The van der Waals surface area contributed by atoms with Crippen LogP contribution in [-0.2, 0) is 16.5 Å². The zero-order chi connectivity index (χ0) is 16.3. The molecule has 7 nitrogen and oxygen atoms in total. The van der Waals surface area contributed by atoms with E-state index < -0.39 is 0 Å². The van der Waals surface area contributed by atoms with E-state index in [0.29, 0.717) is 25.7 Å². The Morgan fingerprint density at radius 2 is 2.30 bits per heavy atom. The van der Waals surface area contributed by atoms with Crippen LogP contribution in [-0.4, -0.2) is 66.3 Å². The smallest absolute Gasteiger partial charge is 0.317 e. The largest absolute Gasteiger partial charge is 0.381 e. The van der Waals surface area contributed by atoms with Gasteiger partial charge >= 0.3 is 6.03 Å². The number of hydrogen-bond acceptors (Lipinski definition) is 4. The quantitative estimate of drug-likeness (QED) is 0.902. The van der Waals surface area contributed by atoms with Crippen molar-refractivity contribution in [3.63, 3.8) is 0 Å². The highest BCUT2D eigenvalue weighted by Gasteiger charge is 2.34. The van der Waals surface area contributed by atoms with Crippen molar-refractivity contribution in [2.24, 2.45) is 7.05 Å². The van der Waals surface area contributed by atoms with Gasteiger partial charge in [-0.05, 0) is 12.0 Å². The molecule has 128 valence electrons. The summed E-state index contributed by atoms with van der Waals surface area (Å²) in [5.74, 6) is 0.383. The molecule has 7 heteroatoms. The third-order valence-corrected chi connectivity index (χ3v) is 5.07. The molecule has 2 saturated heterocycles. The molecule has 23 heavy (non-hydrogen) atoms. The number of hydrogen-bond donors (Lipinski definition) is 1. The van der Waals surface area contributed by atoms with Crippen molar-refractivity contribution in [2.45, 2.75) is 30.8 Å². The monoisotopic (exact) mass is 322 g/mol. The van der Waals surface area contributed by atoms with Gasteiger partial charge in [-0.1, -0.05) is 0 Å². The van der Waals surface area contributed by atoms with E-state index in [-0.39, 0.29) is 11.6 Å². The number of carbonyl (C=O) groups excluding carboxylic acids is 1. The number of aryl methyl sites for hydroxylation is 1. The van der Waals surface area contributed by atoms with Gasteiger partial charge in [0.15, 0.2) is 0 Å². The van der Waals surface area contributed by atoms with Crippen LogP contribution < -0.4 is 5.32 Å². The summed E-state index contributed by atoms with van der Waals surface area (Å²) in [4.78, 5) is 14.3. The first-order valence-electron chi connectivity index (χ1n) is 8.26. The first-order valence-corrected chi connectivity index (χ1v) is 8.26. The second-order valence-electron chi connectivity index (χ2n) is 6.54. The summed E-state index contributed by atoms with van der Waals surface area (Å²) in [5, 5.41) is 7.27. The van der Waals surface area contributed by atoms with Gasteiger partial charge in [0.1, 0.15) is 0 Å². The summed E-state index contributed by atoms with van der Waals surface area (Å²) in [6.45, 7) is 3.46. The predicted molar refractivity (Wildman–Crippen MR) is 85.3 cm³/mol. The van der Waals surface area contributed by atoms with Gasteiger partial charge in [0.25, 0.3) is 0 Å². The highest BCUT2D eigenvalue weighted by molar-refractivity contribution is 5.74. The molecular weight excluding hydrogens is 296 g/mol. The van der Waals surface area contributed by atoms with E-state index in [4.69, 9.17) is 9.47 Å². The molecule has 1 aromatic rings. The van der Waals surface area contributed by atoms with Gasteiger partial charge in [-0.25, -0.2) is 4.79 Å². The highest BCUT2D eigenvalue weighted by atomic mass is 16.5. The average molecular weight is 322 g/mol. The number of methoxy groups -OCH3 is 1. The number of aromatic nitrogens is 2. The van der Waals surface area contributed by atoms with Crippen molar-refractivity contribution in [3.05, 3.63) is 18.0 Å². The van der Waals surface area contributed by atoms with Crippen LogP contribution in [0.25, 0.3) is 0 Å². The number of nitrogens with zero attached hydrogens (tertiary/aromatic N) is 3. The van der Waals surface area contributed by atoms with Crippen LogP contribution >= 0.6 is 0 Å². The van der Waals surface area contributed by atoms with Gasteiger partial charge in [0, 0.05) is 72.0 Å². The Bertz CT molecular complexity index is 539. The molecule has 1 atom stereocenters. The molecule has 2 aliphatic heterocycles. The molecule has 1 N–H and O–H groups in total. The molecule has 0 unspecified atom stereocenters. The van der Waals surface area contributed by atoms with Crippen LogP contribution in [0, 0.1) is 0 Å². The molecule has 0 radical (unpaired) electrons. The second kappa shape index (κ2) is 6.88. The Kier molecular flexibility index (Phi) is 4.87. The molecule has 0 spiro atoms. The number of carbonyl (C=O) groups is 1. The van der Waals surface area contributed by atoms with E-state index >= 15 is 0 Å². The van der Waals surface area contributed by atoms with Gasteiger partial charge in [0.2, 0.25) is 0 Å². The van der Waals surface area contributed by atoms with Gasteiger partial charge in [0.05, 0.1) is 11.8 Å². The third kappa shape index (κ3) is 3.67. The second-order valence-corrected chi connectivity index (χ2v) is 6.54. The Hall–Kier alpha value is -1.60. The lowest BCUT2D eigenvalue weighted by molar-refractivity contribution is -0.0864. The van der Waals surface area contributed by atoms with Crippen molar-refractivity contribution in [1.29, 1.82) is 0 Å². The van der Waals surface area contributed by atoms with Gasteiger partial charge < -0.3 is 19.7 Å². The molecule has 0 aromatic carbocycles. The minimum absolute atomic E-state index is 0.000642. The lowest BCUT2D eigenvalue weighted by Crippen LogP contribution is -2.50. The lowest BCUT2D eigenvalue weighted by atomic mass is 9.94. The summed E-state index contributed by atoms with van der Waals surface area (Å²) in [6, 6.07) is -0.000642. The molecule has 2 aliphatic rings. The van der Waals surface area contributed by atoms with E-state index in [1.54, 1.807) is 7.11 Å². The van der Waals surface area contributed by atoms with Crippen molar-refractivity contribution >= 4 is 6.03 Å². The summed E-state index contributed by atoms with van der Waals surface area (Å²) >= 11 is 0. The van der Waals surface area contributed by atoms with Crippen molar-refractivity contribution < 1.29 is 14.3 Å². The zero-order valence-corrected chi connectivity index (χ0v) is 14.0. The van der Waals surface area contributed by atoms with Crippen molar-refractivity contribution in [2.75, 3.05) is 40.0 Å². The van der Waals surface area contributed by atoms with Crippen LogP contribution in [0.1, 0.15) is 30.7 Å². The normalized spacial score (nSPS) is 23.9.